The van der Waals surface area contributed by atoms with Crippen LogP contribution in [0, 0.1) is 0 Å². The highest BCUT2D eigenvalue weighted by Gasteiger charge is 2.08. The molecule has 0 bridgehead atoms. The Morgan fingerprint density at radius 3 is 3.00 bits per heavy atom. The molecular formula is C6H4N4O3. The summed E-state index contributed by atoms with van der Waals surface area (Å²) in [5.41, 5.74) is -1.06. The van der Waals surface area contributed by atoms with Gasteiger partial charge in [0.15, 0.2) is 5.65 Å². The van der Waals surface area contributed by atoms with Crippen LogP contribution in [0.1, 0.15) is 0 Å². The molecule has 2 aromatic heterocycles. The highest BCUT2D eigenvalue weighted by molar-refractivity contribution is 5.78. The van der Waals surface area contributed by atoms with Gasteiger partial charge in [0.1, 0.15) is 11.7 Å². The molecule has 0 aliphatic heterocycles. The van der Waals surface area contributed by atoms with E-state index in [-0.39, 0.29) is 15.8 Å². The fraction of sp³-hybridized carbons (Fsp3) is 0. The fourth-order valence-corrected chi connectivity index (χ4v) is 0.938. The van der Waals surface area contributed by atoms with E-state index < -0.39 is 11.6 Å². The topological polar surface area (TPSA) is 101 Å². The summed E-state index contributed by atoms with van der Waals surface area (Å²) in [4.78, 5) is 21.2. The Balaban J connectivity index is 3.06. The van der Waals surface area contributed by atoms with Gasteiger partial charge in [0.25, 0.3) is 0 Å². The lowest BCUT2D eigenvalue weighted by atomic mass is 10.4. The van der Waals surface area contributed by atoms with E-state index in [0.29, 0.717) is 0 Å². The minimum Gasteiger partial charge on any atom is -0.493 e. The number of hydrogen-bond acceptors (Lipinski definition) is 6. The Kier molecular flexibility index (Phi) is 1.38. The standard InChI is InChI=1S/C6H4N4O3/c11-5-3-1-7-2-8-4(3)10(13)6(12)9-5/h1-2,13H,(H,9,11,12). The van der Waals surface area contributed by atoms with Gasteiger partial charge in [-0.3, -0.25) is 0 Å². The zero-order valence-electron chi connectivity index (χ0n) is 6.25. The van der Waals surface area contributed by atoms with Crippen LogP contribution >= 0.6 is 0 Å². The van der Waals surface area contributed by atoms with Crippen molar-refractivity contribution < 1.29 is 10.3 Å². The zero-order valence-corrected chi connectivity index (χ0v) is 6.25. The minimum absolute atomic E-state index is 0.0764. The molecule has 7 heteroatoms. The monoisotopic (exact) mass is 180 g/mol. The molecule has 0 saturated carbocycles. The van der Waals surface area contributed by atoms with Gasteiger partial charge >= 0.3 is 5.69 Å². The molecule has 0 aliphatic carbocycles. The average Bonchev–Trinajstić information content (AvgIpc) is 2.15. The molecule has 0 amide bonds. The van der Waals surface area contributed by atoms with Crippen LogP contribution in [-0.4, -0.2) is 30.0 Å². The summed E-state index contributed by atoms with van der Waals surface area (Å²) in [7, 11) is 0. The van der Waals surface area contributed by atoms with Gasteiger partial charge in [-0.15, -0.1) is 4.73 Å². The highest BCUT2D eigenvalue weighted by atomic mass is 16.5. The molecule has 0 fully saturated rings. The fourth-order valence-electron chi connectivity index (χ4n) is 0.938. The van der Waals surface area contributed by atoms with Crippen molar-refractivity contribution >= 4 is 11.0 Å². The first-order chi connectivity index (χ1) is 6.20. The SMILES string of the molecule is O=c1nc(O)c2cncnc2n1O. The first kappa shape index (κ1) is 7.47. The second-order valence-corrected chi connectivity index (χ2v) is 2.29. The van der Waals surface area contributed by atoms with E-state index in [1.165, 1.54) is 6.20 Å². The predicted molar refractivity (Wildman–Crippen MR) is 40.4 cm³/mol. The molecule has 66 valence electrons. The molecule has 0 aliphatic rings. The number of aromatic nitrogens is 4. The van der Waals surface area contributed by atoms with Crippen molar-refractivity contribution in [1.82, 2.24) is 19.7 Å². The normalized spacial score (nSPS) is 10.5. The van der Waals surface area contributed by atoms with Crippen molar-refractivity contribution in [3.05, 3.63) is 23.0 Å². The first-order valence-electron chi connectivity index (χ1n) is 3.31. The third-order valence-electron chi connectivity index (χ3n) is 1.52. The molecular weight excluding hydrogens is 176 g/mol. The maximum absolute atomic E-state index is 10.8. The lowest BCUT2D eigenvalue weighted by molar-refractivity contribution is 0.180. The van der Waals surface area contributed by atoms with Crippen molar-refractivity contribution in [3.63, 3.8) is 0 Å². The van der Waals surface area contributed by atoms with E-state index in [2.05, 4.69) is 15.0 Å². The Bertz CT molecular complexity index is 521. The van der Waals surface area contributed by atoms with Gasteiger partial charge in [-0.25, -0.2) is 14.8 Å². The zero-order chi connectivity index (χ0) is 9.42. The average molecular weight is 180 g/mol. The van der Waals surface area contributed by atoms with Crippen LogP contribution in [0.2, 0.25) is 0 Å². The molecule has 13 heavy (non-hydrogen) atoms. The van der Waals surface area contributed by atoms with Crippen molar-refractivity contribution in [2.45, 2.75) is 0 Å². The molecule has 2 aromatic rings. The van der Waals surface area contributed by atoms with Crippen molar-refractivity contribution in [3.8, 4) is 5.88 Å². The summed E-state index contributed by atoms with van der Waals surface area (Å²) in [6, 6.07) is 0. The second kappa shape index (κ2) is 2.41. The molecule has 0 unspecified atom stereocenters. The quantitative estimate of drug-likeness (QED) is 0.511. The minimum atomic E-state index is -0.983. The summed E-state index contributed by atoms with van der Waals surface area (Å²) in [5, 5.41) is 18.4. The van der Waals surface area contributed by atoms with Crippen LogP contribution in [0.25, 0.3) is 11.0 Å². The van der Waals surface area contributed by atoms with Gasteiger partial charge in [-0.1, -0.05) is 0 Å². The third kappa shape index (κ3) is 0.975. The molecule has 0 aromatic carbocycles. The number of nitrogens with zero attached hydrogens (tertiary/aromatic N) is 4. The predicted octanol–water partition coefficient (Wildman–Crippen LogP) is -0.871. The number of hydrogen-bond donors (Lipinski definition) is 2. The molecule has 2 N–H and O–H groups in total. The lowest BCUT2D eigenvalue weighted by Gasteiger charge is -2.00. The van der Waals surface area contributed by atoms with Crippen molar-refractivity contribution in [2.24, 2.45) is 0 Å². The summed E-state index contributed by atoms with van der Waals surface area (Å²) >= 11 is 0. The summed E-state index contributed by atoms with van der Waals surface area (Å²) in [5.74, 6) is -0.495. The second-order valence-electron chi connectivity index (χ2n) is 2.29. The van der Waals surface area contributed by atoms with Crippen molar-refractivity contribution in [2.75, 3.05) is 0 Å². The maximum Gasteiger partial charge on any atom is 0.385 e. The largest absolute Gasteiger partial charge is 0.493 e. The smallest absolute Gasteiger partial charge is 0.385 e. The first-order valence-corrected chi connectivity index (χ1v) is 3.31. The van der Waals surface area contributed by atoms with Gasteiger partial charge in [-0.05, 0) is 0 Å². The summed E-state index contributed by atoms with van der Waals surface area (Å²) in [6.45, 7) is 0. The van der Waals surface area contributed by atoms with E-state index in [4.69, 9.17) is 10.3 Å². The molecule has 7 nitrogen and oxygen atoms in total. The number of rotatable bonds is 0. The third-order valence-corrected chi connectivity index (χ3v) is 1.52. The van der Waals surface area contributed by atoms with Crippen LogP contribution in [0.15, 0.2) is 17.3 Å². The Morgan fingerprint density at radius 2 is 2.23 bits per heavy atom. The van der Waals surface area contributed by atoms with E-state index in [9.17, 15) is 4.79 Å². The Morgan fingerprint density at radius 1 is 1.46 bits per heavy atom. The highest BCUT2D eigenvalue weighted by Crippen LogP contribution is 2.14. The number of aromatic hydroxyl groups is 1. The Labute approximate surface area is 70.9 Å². The van der Waals surface area contributed by atoms with Gasteiger partial charge in [-0.2, -0.15) is 4.98 Å². The molecule has 2 rings (SSSR count). The summed E-state index contributed by atoms with van der Waals surface area (Å²) < 4.78 is 0.247. The molecule has 0 saturated heterocycles. The molecule has 0 spiro atoms. The maximum atomic E-state index is 10.8. The lowest BCUT2D eigenvalue weighted by Crippen LogP contribution is -2.21. The van der Waals surface area contributed by atoms with Crippen LogP contribution < -0.4 is 5.69 Å². The van der Waals surface area contributed by atoms with Crippen LogP contribution in [0.5, 0.6) is 5.88 Å². The van der Waals surface area contributed by atoms with Gasteiger partial charge in [0.2, 0.25) is 5.88 Å². The van der Waals surface area contributed by atoms with Gasteiger partial charge < -0.3 is 10.3 Å². The van der Waals surface area contributed by atoms with Crippen LogP contribution in [-0.2, 0) is 0 Å². The van der Waals surface area contributed by atoms with Crippen molar-refractivity contribution in [1.29, 1.82) is 0 Å². The van der Waals surface area contributed by atoms with Gasteiger partial charge in [0.05, 0.1) is 0 Å². The Hall–Kier alpha value is -2.18. The van der Waals surface area contributed by atoms with E-state index in [0.717, 1.165) is 6.33 Å². The summed E-state index contributed by atoms with van der Waals surface area (Å²) in [6.07, 6.45) is 2.39. The van der Waals surface area contributed by atoms with E-state index in [1.54, 1.807) is 0 Å². The molecule has 0 radical (unpaired) electrons. The molecule has 0 atom stereocenters. The number of fused-ring (bicyclic) bond motifs is 1. The van der Waals surface area contributed by atoms with Crippen LogP contribution in [0.3, 0.4) is 0 Å². The van der Waals surface area contributed by atoms with Gasteiger partial charge in [0, 0.05) is 6.20 Å². The van der Waals surface area contributed by atoms with E-state index in [1.807, 2.05) is 0 Å². The molecule has 2 heterocycles. The van der Waals surface area contributed by atoms with Crippen LogP contribution in [0.4, 0.5) is 0 Å². The van der Waals surface area contributed by atoms with E-state index >= 15 is 0 Å².